The van der Waals surface area contributed by atoms with Crippen LogP contribution >= 0.6 is 15.9 Å². The van der Waals surface area contributed by atoms with Crippen LogP contribution < -0.4 is 15.2 Å². The fourth-order valence-electron chi connectivity index (χ4n) is 3.17. The minimum absolute atomic E-state index is 0.180. The second-order valence-electron chi connectivity index (χ2n) is 5.91. The number of aliphatic imine (C=N–C) groups is 1. The number of nitrogens with zero attached hydrogens (tertiary/aromatic N) is 2. The van der Waals surface area contributed by atoms with Crippen molar-refractivity contribution in [1.29, 1.82) is 0 Å². The topological polar surface area (TPSA) is 77.2 Å². The van der Waals surface area contributed by atoms with Crippen molar-refractivity contribution in [2.75, 3.05) is 20.3 Å². The standard InChI is InChI=1S/C18H16BrN3O3/c1-22-16(23)18(21-17(22)20,11-3-2-4-13(19)9-11)12-5-6-14-15(10-12)25-8-7-24-14/h2-6,9-10H,7-8H2,1H3,(H2,20,21). The van der Waals surface area contributed by atoms with Gasteiger partial charge in [-0.15, -0.1) is 0 Å². The summed E-state index contributed by atoms with van der Waals surface area (Å²) in [7, 11) is 1.62. The van der Waals surface area contributed by atoms with Crippen LogP contribution in [-0.2, 0) is 10.3 Å². The van der Waals surface area contributed by atoms with E-state index in [1.807, 2.05) is 36.4 Å². The molecule has 2 heterocycles. The Morgan fingerprint density at radius 3 is 2.52 bits per heavy atom. The molecular weight excluding hydrogens is 386 g/mol. The SMILES string of the molecule is CN1C(=O)C(c2cccc(Br)c2)(c2ccc3c(c2)OCCO3)N=C1N. The van der Waals surface area contributed by atoms with E-state index in [-0.39, 0.29) is 11.9 Å². The third-order valence-electron chi connectivity index (χ3n) is 4.44. The predicted octanol–water partition coefficient (Wildman–Crippen LogP) is 2.25. The second kappa shape index (κ2) is 5.77. The van der Waals surface area contributed by atoms with Gasteiger partial charge in [0.2, 0.25) is 0 Å². The van der Waals surface area contributed by atoms with Crippen molar-refractivity contribution in [2.45, 2.75) is 5.54 Å². The number of fused-ring (bicyclic) bond motifs is 1. The van der Waals surface area contributed by atoms with Crippen molar-refractivity contribution >= 4 is 27.8 Å². The van der Waals surface area contributed by atoms with Gasteiger partial charge in [-0.2, -0.15) is 0 Å². The van der Waals surface area contributed by atoms with Crippen LogP contribution in [0.2, 0.25) is 0 Å². The zero-order chi connectivity index (χ0) is 17.6. The summed E-state index contributed by atoms with van der Waals surface area (Å²) in [5.41, 5.74) is 6.16. The first kappa shape index (κ1) is 16.0. The molecule has 128 valence electrons. The Bertz CT molecular complexity index is 899. The van der Waals surface area contributed by atoms with Crippen molar-refractivity contribution in [3.8, 4) is 11.5 Å². The van der Waals surface area contributed by atoms with Gasteiger partial charge in [0.05, 0.1) is 0 Å². The van der Waals surface area contributed by atoms with E-state index < -0.39 is 5.54 Å². The van der Waals surface area contributed by atoms with E-state index >= 15 is 0 Å². The number of guanidine groups is 1. The highest BCUT2D eigenvalue weighted by molar-refractivity contribution is 9.10. The summed E-state index contributed by atoms with van der Waals surface area (Å²) in [6, 6.07) is 13.0. The molecule has 2 N–H and O–H groups in total. The molecular formula is C18H16BrN3O3. The molecule has 7 heteroatoms. The molecule has 0 radical (unpaired) electrons. The van der Waals surface area contributed by atoms with Crippen molar-refractivity contribution in [2.24, 2.45) is 10.7 Å². The lowest BCUT2D eigenvalue weighted by molar-refractivity contribution is -0.129. The number of hydrogen-bond donors (Lipinski definition) is 1. The average molecular weight is 402 g/mol. The molecule has 1 amide bonds. The van der Waals surface area contributed by atoms with Gasteiger partial charge in [0.25, 0.3) is 5.91 Å². The van der Waals surface area contributed by atoms with Crippen LogP contribution in [0.15, 0.2) is 51.9 Å². The minimum atomic E-state index is -1.24. The number of hydrogen-bond acceptors (Lipinski definition) is 5. The van der Waals surface area contributed by atoms with Crippen LogP contribution in [0.5, 0.6) is 11.5 Å². The lowest BCUT2D eigenvalue weighted by atomic mass is 9.82. The van der Waals surface area contributed by atoms with E-state index in [1.54, 1.807) is 13.1 Å². The number of ether oxygens (including phenoxy) is 2. The Labute approximate surface area is 153 Å². The van der Waals surface area contributed by atoms with E-state index in [4.69, 9.17) is 15.2 Å². The van der Waals surface area contributed by atoms with Crippen LogP contribution in [0.25, 0.3) is 0 Å². The van der Waals surface area contributed by atoms with E-state index in [2.05, 4.69) is 20.9 Å². The summed E-state index contributed by atoms with van der Waals surface area (Å²) in [6.45, 7) is 0.982. The van der Waals surface area contributed by atoms with Gasteiger partial charge in [-0.1, -0.05) is 34.1 Å². The third-order valence-corrected chi connectivity index (χ3v) is 4.94. The highest BCUT2D eigenvalue weighted by atomic mass is 79.9. The quantitative estimate of drug-likeness (QED) is 0.836. The second-order valence-corrected chi connectivity index (χ2v) is 6.83. The van der Waals surface area contributed by atoms with Gasteiger partial charge in [0.1, 0.15) is 13.2 Å². The maximum atomic E-state index is 13.2. The first-order valence-corrected chi connectivity index (χ1v) is 8.61. The Morgan fingerprint density at radius 1 is 1.12 bits per heavy atom. The number of carbonyl (C=O) groups excluding carboxylic acids is 1. The van der Waals surface area contributed by atoms with E-state index in [0.717, 1.165) is 10.0 Å². The number of halogens is 1. The monoisotopic (exact) mass is 401 g/mol. The molecule has 1 unspecified atom stereocenters. The summed E-state index contributed by atoms with van der Waals surface area (Å²) < 4.78 is 12.1. The Morgan fingerprint density at radius 2 is 1.84 bits per heavy atom. The first-order chi connectivity index (χ1) is 12.0. The molecule has 2 aromatic rings. The van der Waals surface area contributed by atoms with Gasteiger partial charge in [0, 0.05) is 11.5 Å². The molecule has 0 aliphatic carbocycles. The smallest absolute Gasteiger partial charge is 0.266 e. The molecule has 1 atom stereocenters. The number of carbonyl (C=O) groups is 1. The number of likely N-dealkylation sites (N-methyl/N-ethyl adjacent to an activating group) is 1. The molecule has 4 rings (SSSR count). The molecule has 2 aliphatic heterocycles. The predicted molar refractivity (Wildman–Crippen MR) is 96.7 cm³/mol. The molecule has 0 aromatic heterocycles. The molecule has 0 spiro atoms. The van der Waals surface area contributed by atoms with Crippen LogP contribution in [0.4, 0.5) is 0 Å². The number of benzene rings is 2. The van der Waals surface area contributed by atoms with Crippen molar-refractivity contribution in [3.05, 3.63) is 58.1 Å². The molecule has 0 saturated heterocycles. The highest BCUT2D eigenvalue weighted by Crippen LogP contribution is 2.43. The maximum Gasteiger partial charge on any atom is 0.266 e. The minimum Gasteiger partial charge on any atom is -0.486 e. The fourth-order valence-corrected chi connectivity index (χ4v) is 3.57. The van der Waals surface area contributed by atoms with Gasteiger partial charge in [-0.25, -0.2) is 4.99 Å². The van der Waals surface area contributed by atoms with Crippen LogP contribution in [0, 0.1) is 0 Å². The largest absolute Gasteiger partial charge is 0.486 e. The van der Waals surface area contributed by atoms with Gasteiger partial charge in [-0.05, 0) is 35.4 Å². The molecule has 0 fully saturated rings. The summed E-state index contributed by atoms with van der Waals surface area (Å²) >= 11 is 3.47. The maximum absolute atomic E-state index is 13.2. The van der Waals surface area contributed by atoms with Gasteiger partial charge in [-0.3, -0.25) is 9.69 Å². The lowest BCUT2D eigenvalue weighted by Gasteiger charge is -2.28. The van der Waals surface area contributed by atoms with Gasteiger partial charge < -0.3 is 15.2 Å². The Kier molecular flexibility index (Phi) is 3.68. The molecule has 6 nitrogen and oxygen atoms in total. The summed E-state index contributed by atoms with van der Waals surface area (Å²) in [4.78, 5) is 19.1. The number of nitrogens with two attached hydrogens (primary N) is 1. The first-order valence-electron chi connectivity index (χ1n) is 7.82. The summed E-state index contributed by atoms with van der Waals surface area (Å²) in [6.07, 6.45) is 0. The van der Waals surface area contributed by atoms with Gasteiger partial charge >= 0.3 is 0 Å². The fraction of sp³-hybridized carbons (Fsp3) is 0.222. The third kappa shape index (κ3) is 2.38. The van der Waals surface area contributed by atoms with E-state index in [0.29, 0.717) is 30.3 Å². The Balaban J connectivity index is 1.95. The van der Waals surface area contributed by atoms with Crippen LogP contribution in [0.1, 0.15) is 11.1 Å². The van der Waals surface area contributed by atoms with Crippen LogP contribution in [-0.4, -0.2) is 37.0 Å². The molecule has 2 aromatic carbocycles. The molecule has 25 heavy (non-hydrogen) atoms. The summed E-state index contributed by atoms with van der Waals surface area (Å²) in [5.74, 6) is 1.24. The number of rotatable bonds is 2. The zero-order valence-electron chi connectivity index (χ0n) is 13.5. The van der Waals surface area contributed by atoms with Crippen molar-refractivity contribution in [3.63, 3.8) is 0 Å². The normalized spacial score (nSPS) is 22.1. The molecule has 0 bridgehead atoms. The van der Waals surface area contributed by atoms with Crippen LogP contribution in [0.3, 0.4) is 0 Å². The van der Waals surface area contributed by atoms with Crippen molar-refractivity contribution < 1.29 is 14.3 Å². The Hall–Kier alpha value is -2.54. The van der Waals surface area contributed by atoms with Gasteiger partial charge in [0.15, 0.2) is 23.0 Å². The average Bonchev–Trinajstić information content (AvgIpc) is 2.86. The van der Waals surface area contributed by atoms with E-state index in [1.165, 1.54) is 4.90 Å². The summed E-state index contributed by atoms with van der Waals surface area (Å²) in [5, 5.41) is 0. The van der Waals surface area contributed by atoms with E-state index in [9.17, 15) is 4.79 Å². The number of amides is 1. The molecule has 2 aliphatic rings. The zero-order valence-corrected chi connectivity index (χ0v) is 15.1. The lowest BCUT2D eigenvalue weighted by Crippen LogP contribution is -2.41. The molecule has 0 saturated carbocycles. The van der Waals surface area contributed by atoms with Crippen molar-refractivity contribution in [1.82, 2.24) is 4.90 Å². The highest BCUT2D eigenvalue weighted by Gasteiger charge is 2.49.